The van der Waals surface area contributed by atoms with Gasteiger partial charge in [-0.15, -0.1) is 0 Å². The lowest BCUT2D eigenvalue weighted by Gasteiger charge is -2.15. The summed E-state index contributed by atoms with van der Waals surface area (Å²) in [4.78, 5) is 35.4. The Morgan fingerprint density at radius 1 is 1.14 bits per heavy atom. The monoisotopic (exact) mass is 484 g/mol. The fourth-order valence-electron chi connectivity index (χ4n) is 4.51. The molecule has 0 fully saturated rings. The number of fused-ring (bicyclic) bond motifs is 3. The molecule has 1 amide bonds. The van der Waals surface area contributed by atoms with Crippen molar-refractivity contribution in [3.05, 3.63) is 88.1 Å². The lowest BCUT2D eigenvalue weighted by atomic mass is 10.1. The van der Waals surface area contributed by atoms with Gasteiger partial charge in [0.2, 0.25) is 11.8 Å². The van der Waals surface area contributed by atoms with Gasteiger partial charge in [-0.25, -0.2) is 4.98 Å². The van der Waals surface area contributed by atoms with E-state index in [0.717, 1.165) is 29.3 Å². The van der Waals surface area contributed by atoms with Crippen LogP contribution in [0.25, 0.3) is 21.9 Å². The van der Waals surface area contributed by atoms with E-state index in [-0.39, 0.29) is 30.6 Å². The Balaban J connectivity index is 1.44. The molecule has 5 aromatic rings. The molecule has 1 N–H and O–H groups in total. The zero-order valence-corrected chi connectivity index (χ0v) is 20.6. The number of benzene rings is 2. The lowest BCUT2D eigenvalue weighted by molar-refractivity contribution is -0.122. The Hall–Kier alpha value is -4.27. The van der Waals surface area contributed by atoms with Crippen LogP contribution >= 0.6 is 0 Å². The number of amides is 1. The van der Waals surface area contributed by atoms with E-state index in [1.807, 2.05) is 50.2 Å². The molecule has 2 aromatic carbocycles. The van der Waals surface area contributed by atoms with Gasteiger partial charge in [0.15, 0.2) is 5.82 Å². The third-order valence-corrected chi connectivity index (χ3v) is 6.28. The normalized spacial score (nSPS) is 12.3. The smallest absolute Gasteiger partial charge is 0.278 e. The van der Waals surface area contributed by atoms with Crippen molar-refractivity contribution < 1.29 is 9.32 Å². The van der Waals surface area contributed by atoms with Gasteiger partial charge < -0.3 is 14.4 Å². The molecule has 5 rings (SSSR count). The molecule has 184 valence electrons. The molecule has 36 heavy (non-hydrogen) atoms. The predicted octanol–water partition coefficient (Wildman–Crippen LogP) is 3.54. The second-order valence-corrected chi connectivity index (χ2v) is 9.21. The highest BCUT2D eigenvalue weighted by atomic mass is 16.5. The van der Waals surface area contributed by atoms with Crippen LogP contribution in [0.4, 0.5) is 0 Å². The molecule has 0 radical (unpaired) electrons. The number of carbonyl (C=O) groups excluding carboxylic acids is 1. The van der Waals surface area contributed by atoms with Gasteiger partial charge in [-0.2, -0.15) is 4.98 Å². The standard InChI is InChI=1S/C27H28N6O3/c1-17-9-12-22-21(13-17)25-26(27(35)32(16-28-25)15-24-30-19(3)31-36-24)33(22)14-23(34)29-18(2)10-11-20-7-5-4-6-8-20/h4-9,12-13,16,18H,10-11,14-15H2,1-3H3,(H,29,34). The molecular formula is C27H28N6O3. The number of carbonyl (C=O) groups is 1. The van der Waals surface area contributed by atoms with E-state index < -0.39 is 0 Å². The molecular weight excluding hydrogens is 456 g/mol. The summed E-state index contributed by atoms with van der Waals surface area (Å²) in [5.74, 6) is 0.659. The van der Waals surface area contributed by atoms with E-state index >= 15 is 0 Å². The molecule has 0 saturated carbocycles. The number of nitrogens with zero attached hydrogens (tertiary/aromatic N) is 5. The first-order valence-corrected chi connectivity index (χ1v) is 12.0. The maximum absolute atomic E-state index is 13.6. The van der Waals surface area contributed by atoms with Crippen molar-refractivity contribution in [1.82, 2.24) is 29.6 Å². The molecule has 1 unspecified atom stereocenters. The van der Waals surface area contributed by atoms with Crippen LogP contribution in [0.2, 0.25) is 0 Å². The van der Waals surface area contributed by atoms with Gasteiger partial charge in [0.25, 0.3) is 5.56 Å². The lowest BCUT2D eigenvalue weighted by Crippen LogP contribution is -2.36. The molecule has 0 aliphatic carbocycles. The van der Waals surface area contributed by atoms with Crippen molar-refractivity contribution in [2.45, 2.75) is 52.7 Å². The number of aryl methyl sites for hydroxylation is 3. The van der Waals surface area contributed by atoms with Gasteiger partial charge in [-0.05, 0) is 51.3 Å². The van der Waals surface area contributed by atoms with E-state index in [1.165, 1.54) is 16.5 Å². The third-order valence-electron chi connectivity index (χ3n) is 6.28. The molecule has 1 atom stereocenters. The second kappa shape index (κ2) is 9.77. The minimum absolute atomic E-state index is 0.0106. The van der Waals surface area contributed by atoms with E-state index in [9.17, 15) is 9.59 Å². The van der Waals surface area contributed by atoms with Gasteiger partial charge in [0.05, 0.1) is 11.8 Å². The van der Waals surface area contributed by atoms with E-state index in [2.05, 4.69) is 32.6 Å². The molecule has 3 heterocycles. The zero-order valence-electron chi connectivity index (χ0n) is 20.6. The summed E-state index contributed by atoms with van der Waals surface area (Å²) in [7, 11) is 0. The second-order valence-electron chi connectivity index (χ2n) is 9.21. The number of hydrogen-bond donors (Lipinski definition) is 1. The molecule has 0 aliphatic rings. The molecule has 9 heteroatoms. The Bertz CT molecular complexity index is 1600. The summed E-state index contributed by atoms with van der Waals surface area (Å²) in [5.41, 5.74) is 3.75. The summed E-state index contributed by atoms with van der Waals surface area (Å²) >= 11 is 0. The minimum Gasteiger partial charge on any atom is -0.352 e. The van der Waals surface area contributed by atoms with Crippen molar-refractivity contribution >= 4 is 27.8 Å². The van der Waals surface area contributed by atoms with E-state index in [4.69, 9.17) is 4.52 Å². The molecule has 3 aromatic heterocycles. The Kier molecular flexibility index (Phi) is 6.37. The maximum Gasteiger partial charge on any atom is 0.278 e. The molecule has 0 spiro atoms. The van der Waals surface area contributed by atoms with E-state index in [0.29, 0.717) is 22.7 Å². The quantitative estimate of drug-likeness (QED) is 0.361. The molecule has 0 saturated heterocycles. The van der Waals surface area contributed by atoms with Crippen LogP contribution in [0, 0.1) is 13.8 Å². The van der Waals surface area contributed by atoms with Crippen molar-refractivity contribution in [1.29, 1.82) is 0 Å². The zero-order chi connectivity index (χ0) is 25.2. The molecule has 9 nitrogen and oxygen atoms in total. The summed E-state index contributed by atoms with van der Waals surface area (Å²) in [6.45, 7) is 5.82. The molecule has 0 aliphatic heterocycles. The SMILES string of the molecule is Cc1ccc2c(c1)c1ncn(Cc3nc(C)no3)c(=O)c1n2CC(=O)NC(C)CCc1ccccc1. The summed E-state index contributed by atoms with van der Waals surface area (Å²) in [6.07, 6.45) is 3.18. The first kappa shape index (κ1) is 23.5. The van der Waals surface area contributed by atoms with Crippen molar-refractivity contribution in [3.63, 3.8) is 0 Å². The van der Waals surface area contributed by atoms with Gasteiger partial charge in [-0.3, -0.25) is 14.2 Å². The largest absolute Gasteiger partial charge is 0.352 e. The van der Waals surface area contributed by atoms with Crippen LogP contribution in [0.15, 0.2) is 64.2 Å². The average molecular weight is 485 g/mol. The summed E-state index contributed by atoms with van der Waals surface area (Å²) in [5, 5.41) is 7.71. The number of aromatic nitrogens is 5. The van der Waals surface area contributed by atoms with Crippen LogP contribution in [-0.2, 0) is 24.3 Å². The van der Waals surface area contributed by atoms with Crippen LogP contribution in [0.1, 0.15) is 36.2 Å². The van der Waals surface area contributed by atoms with Crippen LogP contribution in [-0.4, -0.2) is 36.2 Å². The van der Waals surface area contributed by atoms with Crippen LogP contribution in [0.5, 0.6) is 0 Å². The van der Waals surface area contributed by atoms with Gasteiger partial charge in [0.1, 0.15) is 24.1 Å². The first-order chi connectivity index (χ1) is 17.4. The maximum atomic E-state index is 13.6. The fraction of sp³-hybridized carbons (Fsp3) is 0.296. The minimum atomic E-state index is -0.269. The Morgan fingerprint density at radius 3 is 2.69 bits per heavy atom. The highest BCUT2D eigenvalue weighted by Crippen LogP contribution is 2.26. The van der Waals surface area contributed by atoms with E-state index in [1.54, 1.807) is 11.5 Å². The van der Waals surface area contributed by atoms with Crippen molar-refractivity contribution in [2.24, 2.45) is 0 Å². The molecule has 0 bridgehead atoms. The van der Waals surface area contributed by atoms with Crippen LogP contribution < -0.4 is 10.9 Å². The predicted molar refractivity (Wildman–Crippen MR) is 137 cm³/mol. The van der Waals surface area contributed by atoms with Crippen molar-refractivity contribution in [3.8, 4) is 0 Å². The van der Waals surface area contributed by atoms with Gasteiger partial charge >= 0.3 is 0 Å². The van der Waals surface area contributed by atoms with Crippen molar-refractivity contribution in [2.75, 3.05) is 0 Å². The first-order valence-electron chi connectivity index (χ1n) is 12.0. The number of nitrogens with one attached hydrogen (secondary N) is 1. The van der Waals surface area contributed by atoms with Gasteiger partial charge in [0, 0.05) is 11.4 Å². The Morgan fingerprint density at radius 2 is 1.94 bits per heavy atom. The topological polar surface area (TPSA) is 108 Å². The Labute approximate surface area is 207 Å². The highest BCUT2D eigenvalue weighted by Gasteiger charge is 2.20. The van der Waals surface area contributed by atoms with Gasteiger partial charge in [-0.1, -0.05) is 47.1 Å². The highest BCUT2D eigenvalue weighted by molar-refractivity contribution is 6.06. The average Bonchev–Trinajstić information content (AvgIpc) is 3.40. The third kappa shape index (κ3) is 4.77. The number of rotatable bonds is 8. The summed E-state index contributed by atoms with van der Waals surface area (Å²) in [6, 6.07) is 16.1. The van der Waals surface area contributed by atoms with Crippen LogP contribution in [0.3, 0.4) is 0 Å². The number of hydrogen-bond acceptors (Lipinski definition) is 6. The summed E-state index contributed by atoms with van der Waals surface area (Å²) < 4.78 is 8.37. The fourth-order valence-corrected chi connectivity index (χ4v) is 4.51.